The summed E-state index contributed by atoms with van der Waals surface area (Å²) in [5.74, 6) is -1.04. The lowest BCUT2D eigenvalue weighted by atomic mass is 9.91. The van der Waals surface area contributed by atoms with Crippen molar-refractivity contribution in [3.8, 4) is 5.75 Å². The average molecular weight is 485 g/mol. The molecule has 10 heteroatoms. The summed E-state index contributed by atoms with van der Waals surface area (Å²) in [6.45, 7) is 0.611. The summed E-state index contributed by atoms with van der Waals surface area (Å²) in [4.78, 5) is 54.0. The lowest BCUT2D eigenvalue weighted by Crippen LogP contribution is -2.53. The number of fused-ring (bicyclic) bond motifs is 1. The molecule has 3 atom stereocenters. The fourth-order valence-electron chi connectivity index (χ4n) is 4.56. The van der Waals surface area contributed by atoms with E-state index in [2.05, 4.69) is 20.9 Å². The van der Waals surface area contributed by atoms with Gasteiger partial charge in [-0.1, -0.05) is 18.9 Å². The Morgan fingerprint density at radius 3 is 2.57 bits per heavy atom. The number of aromatic amines is 1. The van der Waals surface area contributed by atoms with Crippen LogP contribution in [0, 0.1) is 11.8 Å². The maximum Gasteiger partial charge on any atom is 0.328 e. The Bertz CT molecular complexity index is 1110. The van der Waals surface area contributed by atoms with Crippen LogP contribution in [0.3, 0.4) is 0 Å². The minimum Gasteiger partial charge on any atom is -0.496 e. The molecule has 4 N–H and O–H groups in total. The first-order chi connectivity index (χ1) is 16.9. The third-order valence-corrected chi connectivity index (χ3v) is 6.70. The van der Waals surface area contributed by atoms with Crippen molar-refractivity contribution in [1.82, 2.24) is 20.9 Å². The number of methoxy groups -OCH3 is 2. The second kappa shape index (κ2) is 10.8. The van der Waals surface area contributed by atoms with Crippen LogP contribution >= 0.6 is 0 Å². The van der Waals surface area contributed by atoms with Crippen LogP contribution in [0.1, 0.15) is 49.0 Å². The molecule has 0 bridgehead atoms. The van der Waals surface area contributed by atoms with Gasteiger partial charge >= 0.3 is 5.97 Å². The zero-order valence-corrected chi connectivity index (χ0v) is 20.0. The van der Waals surface area contributed by atoms with Crippen molar-refractivity contribution >= 4 is 34.6 Å². The molecule has 2 aliphatic rings. The number of amides is 3. The third-order valence-electron chi connectivity index (χ3n) is 6.70. The highest BCUT2D eigenvalue weighted by Gasteiger charge is 2.35. The van der Waals surface area contributed by atoms with Crippen LogP contribution in [0.25, 0.3) is 10.9 Å². The highest BCUT2D eigenvalue weighted by molar-refractivity contribution is 6.01. The molecule has 0 radical (unpaired) electrons. The fourth-order valence-corrected chi connectivity index (χ4v) is 4.56. The van der Waals surface area contributed by atoms with Crippen LogP contribution in [0.2, 0.25) is 0 Å². The van der Waals surface area contributed by atoms with Gasteiger partial charge < -0.3 is 30.4 Å². The summed E-state index contributed by atoms with van der Waals surface area (Å²) in [5, 5.41) is 9.11. The second-order valence-corrected chi connectivity index (χ2v) is 9.26. The number of hydrogen-bond acceptors (Lipinski definition) is 6. The number of carbonyl (C=O) groups is 4. The monoisotopic (exact) mass is 484 g/mol. The van der Waals surface area contributed by atoms with Crippen LogP contribution in [-0.4, -0.2) is 61.5 Å². The molecular weight excluding hydrogens is 452 g/mol. The van der Waals surface area contributed by atoms with Gasteiger partial charge in [-0.05, 0) is 49.8 Å². The molecule has 188 valence electrons. The molecule has 1 saturated carbocycles. The first-order valence-electron chi connectivity index (χ1n) is 12.0. The Labute approximate surface area is 203 Å². The fraction of sp³-hybridized carbons (Fsp3) is 0.520. The number of ether oxygens (including phenoxy) is 2. The Morgan fingerprint density at radius 2 is 1.89 bits per heavy atom. The Kier molecular flexibility index (Phi) is 7.57. The predicted molar refractivity (Wildman–Crippen MR) is 128 cm³/mol. The molecule has 35 heavy (non-hydrogen) atoms. The number of hydrogen-bond donors (Lipinski definition) is 4. The third kappa shape index (κ3) is 5.93. The van der Waals surface area contributed by atoms with Gasteiger partial charge in [0.2, 0.25) is 11.8 Å². The highest BCUT2D eigenvalue weighted by atomic mass is 16.5. The van der Waals surface area contributed by atoms with Gasteiger partial charge in [-0.25, -0.2) is 4.79 Å². The van der Waals surface area contributed by atoms with Crippen molar-refractivity contribution < 1.29 is 28.7 Å². The smallest absolute Gasteiger partial charge is 0.328 e. The van der Waals surface area contributed by atoms with Gasteiger partial charge in [0.25, 0.3) is 5.91 Å². The Morgan fingerprint density at radius 1 is 1.09 bits per heavy atom. The molecule has 4 rings (SSSR count). The molecule has 2 unspecified atom stereocenters. The van der Waals surface area contributed by atoms with Crippen molar-refractivity contribution in [1.29, 1.82) is 0 Å². The van der Waals surface area contributed by atoms with Crippen LogP contribution in [0.15, 0.2) is 24.3 Å². The number of nitrogens with one attached hydrogen (secondary N) is 4. The van der Waals surface area contributed by atoms with Crippen molar-refractivity contribution in [3.63, 3.8) is 0 Å². The SMILES string of the molecule is COC(=O)C(C[C@@H]1CCCNC1=O)NC(=O)C(CC1CC1)NC(=O)c1cc2c(OC)cccc2[nH]1. The average Bonchev–Trinajstić information content (AvgIpc) is 3.57. The van der Waals surface area contributed by atoms with E-state index in [1.54, 1.807) is 19.2 Å². The summed E-state index contributed by atoms with van der Waals surface area (Å²) in [5.41, 5.74) is 1.05. The molecule has 2 fully saturated rings. The van der Waals surface area contributed by atoms with Gasteiger partial charge in [-0.2, -0.15) is 0 Å². The number of H-pyrrole nitrogens is 1. The number of esters is 1. The Hall–Kier alpha value is -3.56. The van der Waals surface area contributed by atoms with Gasteiger partial charge in [-0.15, -0.1) is 0 Å². The second-order valence-electron chi connectivity index (χ2n) is 9.26. The topological polar surface area (TPSA) is 139 Å². The van der Waals surface area contributed by atoms with E-state index in [-0.39, 0.29) is 18.2 Å². The summed E-state index contributed by atoms with van der Waals surface area (Å²) in [6, 6.07) is 5.36. The lowest BCUT2D eigenvalue weighted by Gasteiger charge is -2.27. The molecule has 1 aliphatic carbocycles. The highest BCUT2D eigenvalue weighted by Crippen LogP contribution is 2.34. The number of carbonyl (C=O) groups excluding carboxylic acids is 4. The number of rotatable bonds is 10. The van der Waals surface area contributed by atoms with Gasteiger partial charge in [-0.3, -0.25) is 14.4 Å². The first-order valence-corrected chi connectivity index (χ1v) is 12.0. The van der Waals surface area contributed by atoms with E-state index < -0.39 is 29.9 Å². The van der Waals surface area contributed by atoms with E-state index in [9.17, 15) is 19.2 Å². The minimum atomic E-state index is -0.975. The molecule has 3 amide bonds. The van der Waals surface area contributed by atoms with E-state index in [1.807, 2.05) is 12.1 Å². The van der Waals surface area contributed by atoms with Crippen molar-refractivity contribution in [2.24, 2.45) is 11.8 Å². The van der Waals surface area contributed by atoms with E-state index in [0.29, 0.717) is 36.7 Å². The van der Waals surface area contributed by atoms with Gasteiger partial charge in [0.15, 0.2) is 0 Å². The quantitative estimate of drug-likeness (QED) is 0.378. The molecule has 10 nitrogen and oxygen atoms in total. The van der Waals surface area contributed by atoms with E-state index >= 15 is 0 Å². The van der Waals surface area contributed by atoms with Crippen molar-refractivity contribution in [2.45, 2.75) is 50.6 Å². The van der Waals surface area contributed by atoms with Crippen LogP contribution in [0.4, 0.5) is 0 Å². The molecule has 0 spiro atoms. The number of benzene rings is 1. The maximum atomic E-state index is 13.2. The number of aromatic nitrogens is 1. The predicted octanol–water partition coefficient (Wildman–Crippen LogP) is 1.65. The van der Waals surface area contributed by atoms with Crippen LogP contribution in [-0.2, 0) is 19.1 Å². The molecular formula is C25H32N4O6. The zero-order valence-electron chi connectivity index (χ0n) is 20.0. The van der Waals surface area contributed by atoms with Crippen molar-refractivity contribution in [2.75, 3.05) is 20.8 Å². The van der Waals surface area contributed by atoms with E-state index in [4.69, 9.17) is 9.47 Å². The zero-order chi connectivity index (χ0) is 24.9. The lowest BCUT2D eigenvalue weighted by molar-refractivity contribution is -0.146. The maximum absolute atomic E-state index is 13.2. The van der Waals surface area contributed by atoms with Crippen LogP contribution in [0.5, 0.6) is 5.75 Å². The van der Waals surface area contributed by atoms with Gasteiger partial charge in [0.05, 0.1) is 14.2 Å². The van der Waals surface area contributed by atoms with Crippen LogP contribution < -0.4 is 20.7 Å². The van der Waals surface area contributed by atoms with Gasteiger partial charge in [0.1, 0.15) is 23.5 Å². The first kappa shape index (κ1) is 24.6. The standard InChI is InChI=1S/C25H32N4O6/c1-34-21-7-3-6-17-16(21)13-19(27-17)24(32)28-18(11-14-8-9-14)23(31)29-20(25(33)35-2)12-15-5-4-10-26-22(15)30/h3,6-7,13-15,18,20,27H,4-5,8-12H2,1-2H3,(H,26,30)(H,28,32)(H,29,31)/t15-,18?,20?/m0/s1. The summed E-state index contributed by atoms with van der Waals surface area (Å²) in [6.07, 6.45) is 4.06. The van der Waals surface area contributed by atoms with Gasteiger partial charge in [0, 0.05) is 23.4 Å². The minimum absolute atomic E-state index is 0.128. The summed E-state index contributed by atoms with van der Waals surface area (Å²) < 4.78 is 10.2. The summed E-state index contributed by atoms with van der Waals surface area (Å²) in [7, 11) is 2.81. The molecule has 1 aliphatic heterocycles. The molecule has 1 saturated heterocycles. The summed E-state index contributed by atoms with van der Waals surface area (Å²) >= 11 is 0. The van der Waals surface area contributed by atoms with Crippen molar-refractivity contribution in [3.05, 3.63) is 30.0 Å². The molecule has 1 aromatic carbocycles. The van der Waals surface area contributed by atoms with E-state index in [1.165, 1.54) is 7.11 Å². The Balaban J connectivity index is 1.47. The molecule has 1 aromatic heterocycles. The number of piperidine rings is 1. The largest absolute Gasteiger partial charge is 0.496 e. The normalized spacial score (nSPS) is 19.4. The van der Waals surface area contributed by atoms with E-state index in [0.717, 1.165) is 30.2 Å². The molecule has 2 aromatic rings. The molecule has 2 heterocycles.